The van der Waals surface area contributed by atoms with Gasteiger partial charge in [-0.1, -0.05) is 18.5 Å². The quantitative estimate of drug-likeness (QED) is 0.781. The minimum absolute atomic E-state index is 0.0535. The molecule has 29 heavy (non-hydrogen) atoms. The number of ether oxygens (including phenoxy) is 1. The maximum absolute atomic E-state index is 13.3. The van der Waals surface area contributed by atoms with E-state index in [4.69, 9.17) is 9.26 Å². The molecule has 8 nitrogen and oxygen atoms in total. The van der Waals surface area contributed by atoms with Crippen molar-refractivity contribution in [1.29, 1.82) is 0 Å². The number of nitrogens with zero attached hydrogens (tertiary/aromatic N) is 4. The van der Waals surface area contributed by atoms with Crippen LogP contribution in [0.25, 0.3) is 11.1 Å². The summed E-state index contributed by atoms with van der Waals surface area (Å²) in [5.74, 6) is -0.0535. The van der Waals surface area contributed by atoms with E-state index in [0.717, 1.165) is 18.5 Å². The highest BCUT2D eigenvalue weighted by Crippen LogP contribution is 2.35. The first kappa shape index (κ1) is 19.7. The molecule has 0 N–H and O–H groups in total. The number of piperidine rings is 1. The molecule has 0 aromatic carbocycles. The van der Waals surface area contributed by atoms with Gasteiger partial charge in [-0.25, -0.2) is 9.78 Å². The molecule has 2 fully saturated rings. The molecule has 4 heterocycles. The van der Waals surface area contributed by atoms with E-state index in [2.05, 4.69) is 24.0 Å². The van der Waals surface area contributed by atoms with E-state index in [0.29, 0.717) is 54.8 Å². The van der Waals surface area contributed by atoms with Crippen LogP contribution in [0.5, 0.6) is 0 Å². The SMILES string of the molecule is CCC[C@H](C)N1CC2(CCN(C(=O)c3cc(C)nc4onc(C)c34)CC2)OC1=O. The molecular formula is C21H28N4O4. The lowest BCUT2D eigenvalue weighted by Crippen LogP contribution is -2.49. The third kappa shape index (κ3) is 3.45. The summed E-state index contributed by atoms with van der Waals surface area (Å²) < 4.78 is 11.1. The van der Waals surface area contributed by atoms with Crippen LogP contribution in [0.2, 0.25) is 0 Å². The molecule has 2 saturated heterocycles. The molecule has 1 spiro atoms. The molecule has 4 rings (SSSR count). The molecule has 2 aliphatic heterocycles. The van der Waals surface area contributed by atoms with Crippen molar-refractivity contribution in [3.05, 3.63) is 23.0 Å². The Balaban J connectivity index is 1.49. The summed E-state index contributed by atoms with van der Waals surface area (Å²) in [6.07, 6.45) is 3.07. The van der Waals surface area contributed by atoms with Gasteiger partial charge in [0.1, 0.15) is 5.60 Å². The lowest BCUT2D eigenvalue weighted by molar-refractivity contribution is 0.00311. The number of pyridine rings is 1. The van der Waals surface area contributed by atoms with Crippen LogP contribution in [-0.2, 0) is 4.74 Å². The number of hydrogen-bond donors (Lipinski definition) is 0. The Labute approximate surface area is 170 Å². The summed E-state index contributed by atoms with van der Waals surface area (Å²) >= 11 is 0. The fraction of sp³-hybridized carbons (Fsp3) is 0.619. The molecule has 2 aliphatic rings. The smallest absolute Gasteiger partial charge is 0.410 e. The van der Waals surface area contributed by atoms with Crippen molar-refractivity contribution in [2.75, 3.05) is 19.6 Å². The molecule has 0 saturated carbocycles. The van der Waals surface area contributed by atoms with Gasteiger partial charge in [-0.3, -0.25) is 4.79 Å². The van der Waals surface area contributed by atoms with Crippen LogP contribution in [0.1, 0.15) is 61.3 Å². The highest BCUT2D eigenvalue weighted by atomic mass is 16.6. The van der Waals surface area contributed by atoms with Crippen LogP contribution >= 0.6 is 0 Å². The molecule has 0 bridgehead atoms. The minimum Gasteiger partial charge on any atom is -0.441 e. The van der Waals surface area contributed by atoms with Gasteiger partial charge < -0.3 is 19.1 Å². The summed E-state index contributed by atoms with van der Waals surface area (Å²) in [6, 6.07) is 1.97. The lowest BCUT2D eigenvalue weighted by atomic mass is 9.90. The van der Waals surface area contributed by atoms with E-state index in [-0.39, 0.29) is 18.0 Å². The van der Waals surface area contributed by atoms with Crippen molar-refractivity contribution in [2.45, 2.75) is 65.0 Å². The van der Waals surface area contributed by atoms with Gasteiger partial charge in [0.25, 0.3) is 11.6 Å². The van der Waals surface area contributed by atoms with Crippen LogP contribution in [0.4, 0.5) is 4.79 Å². The number of carbonyl (C=O) groups is 2. The van der Waals surface area contributed by atoms with Gasteiger partial charge in [0.15, 0.2) is 0 Å². The molecule has 0 radical (unpaired) electrons. The van der Waals surface area contributed by atoms with Gasteiger partial charge in [-0.05, 0) is 33.3 Å². The van der Waals surface area contributed by atoms with Crippen LogP contribution < -0.4 is 0 Å². The Morgan fingerprint density at radius 3 is 2.72 bits per heavy atom. The van der Waals surface area contributed by atoms with E-state index in [1.165, 1.54) is 0 Å². The van der Waals surface area contributed by atoms with Crippen LogP contribution in [0.3, 0.4) is 0 Å². The van der Waals surface area contributed by atoms with Crippen molar-refractivity contribution in [1.82, 2.24) is 19.9 Å². The minimum atomic E-state index is -0.480. The Morgan fingerprint density at radius 2 is 2.03 bits per heavy atom. The molecule has 2 amide bonds. The van der Waals surface area contributed by atoms with E-state index in [9.17, 15) is 9.59 Å². The second kappa shape index (κ2) is 7.31. The first-order valence-corrected chi connectivity index (χ1v) is 10.4. The molecule has 2 aromatic rings. The zero-order valence-electron chi connectivity index (χ0n) is 17.5. The first-order valence-electron chi connectivity index (χ1n) is 10.4. The van der Waals surface area contributed by atoms with Crippen molar-refractivity contribution >= 4 is 23.1 Å². The molecule has 8 heteroatoms. The van der Waals surface area contributed by atoms with E-state index >= 15 is 0 Å². The number of aromatic nitrogens is 2. The van der Waals surface area contributed by atoms with Gasteiger partial charge >= 0.3 is 6.09 Å². The number of likely N-dealkylation sites (tertiary alicyclic amines) is 1. The maximum Gasteiger partial charge on any atom is 0.410 e. The lowest BCUT2D eigenvalue weighted by Gasteiger charge is -2.37. The molecule has 156 valence electrons. The fourth-order valence-corrected chi connectivity index (χ4v) is 4.49. The number of fused-ring (bicyclic) bond motifs is 1. The topological polar surface area (TPSA) is 88.8 Å². The van der Waals surface area contributed by atoms with E-state index in [1.54, 1.807) is 6.07 Å². The van der Waals surface area contributed by atoms with Gasteiger partial charge in [-0.2, -0.15) is 0 Å². The number of amides is 2. The molecule has 1 atom stereocenters. The first-order chi connectivity index (χ1) is 13.8. The standard InChI is InChI=1S/C21H28N4O4/c1-5-6-14(3)25-12-21(28-20(25)27)7-9-24(10-8-21)19(26)16-11-13(2)22-18-17(16)15(4)23-29-18/h11,14H,5-10,12H2,1-4H3/t14-/m0/s1. The monoisotopic (exact) mass is 400 g/mol. The summed E-state index contributed by atoms with van der Waals surface area (Å²) in [6.45, 7) is 9.55. The van der Waals surface area contributed by atoms with E-state index in [1.807, 2.05) is 23.6 Å². The highest BCUT2D eigenvalue weighted by Gasteiger charge is 2.48. The predicted molar refractivity (Wildman–Crippen MR) is 107 cm³/mol. The van der Waals surface area contributed by atoms with Crippen molar-refractivity contribution < 1.29 is 18.8 Å². The summed E-state index contributed by atoms with van der Waals surface area (Å²) in [5, 5.41) is 4.63. The second-order valence-corrected chi connectivity index (χ2v) is 8.37. The van der Waals surface area contributed by atoms with Gasteiger partial charge in [0, 0.05) is 37.7 Å². The van der Waals surface area contributed by atoms with Crippen LogP contribution in [0.15, 0.2) is 10.6 Å². The van der Waals surface area contributed by atoms with Gasteiger partial charge in [0.05, 0.1) is 23.2 Å². The molecular weight excluding hydrogens is 372 g/mol. The van der Waals surface area contributed by atoms with Crippen molar-refractivity contribution in [2.24, 2.45) is 0 Å². The van der Waals surface area contributed by atoms with Crippen LogP contribution in [-0.4, -0.2) is 63.2 Å². The Bertz CT molecular complexity index is 946. The second-order valence-electron chi connectivity index (χ2n) is 8.37. The number of aryl methyl sites for hydroxylation is 2. The zero-order chi connectivity index (χ0) is 20.8. The molecule has 0 unspecified atom stereocenters. The fourth-order valence-electron chi connectivity index (χ4n) is 4.49. The van der Waals surface area contributed by atoms with E-state index < -0.39 is 5.60 Å². The van der Waals surface area contributed by atoms with Crippen LogP contribution in [0, 0.1) is 13.8 Å². The largest absolute Gasteiger partial charge is 0.441 e. The maximum atomic E-state index is 13.3. The predicted octanol–water partition coefficient (Wildman–Crippen LogP) is 3.46. The Kier molecular flexibility index (Phi) is 4.96. The average Bonchev–Trinajstić information content (AvgIpc) is 3.21. The Morgan fingerprint density at radius 1 is 1.31 bits per heavy atom. The normalized spacial score (nSPS) is 19.8. The highest BCUT2D eigenvalue weighted by molar-refractivity contribution is 6.06. The zero-order valence-corrected chi connectivity index (χ0v) is 17.5. The van der Waals surface area contributed by atoms with Crippen molar-refractivity contribution in [3.8, 4) is 0 Å². The molecule has 2 aromatic heterocycles. The van der Waals surface area contributed by atoms with Crippen molar-refractivity contribution in [3.63, 3.8) is 0 Å². The number of carbonyl (C=O) groups excluding carboxylic acids is 2. The average molecular weight is 400 g/mol. The molecule has 0 aliphatic carbocycles. The third-order valence-electron chi connectivity index (χ3n) is 6.17. The number of hydrogen-bond acceptors (Lipinski definition) is 6. The summed E-state index contributed by atoms with van der Waals surface area (Å²) in [7, 11) is 0. The van der Waals surface area contributed by atoms with Gasteiger partial charge in [0.2, 0.25) is 0 Å². The summed E-state index contributed by atoms with van der Waals surface area (Å²) in [4.78, 5) is 33.6. The number of rotatable bonds is 4. The summed E-state index contributed by atoms with van der Waals surface area (Å²) in [5.41, 5.74) is 1.87. The Hall–Kier alpha value is -2.64. The third-order valence-corrected chi connectivity index (χ3v) is 6.17. The van der Waals surface area contributed by atoms with Gasteiger partial charge in [-0.15, -0.1) is 0 Å².